The molecule has 0 bridgehead atoms. The lowest BCUT2D eigenvalue weighted by Gasteiger charge is -2.60. The topological polar surface area (TPSA) is 89.7 Å². The number of halogens is 1. The van der Waals surface area contributed by atoms with E-state index in [0.717, 1.165) is 55.2 Å². The molecule has 202 valence electrons. The van der Waals surface area contributed by atoms with Crippen LogP contribution in [0.4, 0.5) is 26.9 Å². The molecule has 0 amide bonds. The number of aromatic nitrogens is 4. The Kier molecular flexibility index (Phi) is 5.57. The predicted molar refractivity (Wildman–Crippen MR) is 153 cm³/mol. The van der Waals surface area contributed by atoms with Gasteiger partial charge in [-0.2, -0.15) is 10.4 Å². The van der Waals surface area contributed by atoms with Crippen LogP contribution in [0.25, 0.3) is 16.8 Å². The molecule has 7 rings (SSSR count). The van der Waals surface area contributed by atoms with E-state index in [2.05, 4.69) is 46.8 Å². The molecule has 5 aromatic rings. The molecule has 40 heavy (non-hydrogen) atoms. The van der Waals surface area contributed by atoms with Gasteiger partial charge in [-0.15, -0.1) is 0 Å². The van der Waals surface area contributed by atoms with Crippen molar-refractivity contribution in [3.8, 4) is 17.3 Å². The van der Waals surface area contributed by atoms with Crippen LogP contribution in [0.5, 0.6) is 0 Å². The van der Waals surface area contributed by atoms with Crippen LogP contribution in [0, 0.1) is 29.5 Å². The first-order chi connectivity index (χ1) is 19.4. The number of pyridine rings is 1. The monoisotopic (exact) mass is 554 g/mol. The van der Waals surface area contributed by atoms with Crippen molar-refractivity contribution in [3.05, 3.63) is 70.9 Å². The SMILES string of the molecule is CCc1nn2c(C)cc(N3CC4(C3)CN(c3ncco3)C4)cc2c1N(C)c1nc(-c2ccc(F)cc2)c(C#N)s1. The molecule has 4 aromatic heterocycles. The van der Waals surface area contributed by atoms with Crippen LogP contribution in [-0.4, -0.2) is 52.8 Å². The molecule has 11 heteroatoms. The number of hydrogen-bond donors (Lipinski definition) is 0. The number of aryl methyl sites for hydroxylation is 2. The molecular weight excluding hydrogens is 527 g/mol. The van der Waals surface area contributed by atoms with Crippen LogP contribution >= 0.6 is 11.3 Å². The van der Waals surface area contributed by atoms with Gasteiger partial charge < -0.3 is 19.1 Å². The van der Waals surface area contributed by atoms with Crippen LogP contribution in [-0.2, 0) is 6.42 Å². The highest BCUT2D eigenvalue weighted by Gasteiger charge is 2.53. The Morgan fingerprint density at radius 1 is 1.15 bits per heavy atom. The van der Waals surface area contributed by atoms with E-state index in [1.807, 2.05) is 16.5 Å². The second-order valence-electron chi connectivity index (χ2n) is 10.7. The Bertz CT molecular complexity index is 1750. The molecule has 2 aliphatic heterocycles. The van der Waals surface area contributed by atoms with Gasteiger partial charge in [0.15, 0.2) is 5.13 Å². The fourth-order valence-electron chi connectivity index (χ4n) is 5.96. The van der Waals surface area contributed by atoms with E-state index < -0.39 is 0 Å². The average Bonchev–Trinajstić information content (AvgIpc) is 3.66. The number of oxazole rings is 1. The van der Waals surface area contributed by atoms with Gasteiger partial charge in [-0.3, -0.25) is 0 Å². The average molecular weight is 555 g/mol. The van der Waals surface area contributed by atoms with Crippen LogP contribution in [0.3, 0.4) is 0 Å². The zero-order valence-corrected chi connectivity index (χ0v) is 23.2. The first-order valence-electron chi connectivity index (χ1n) is 13.2. The quantitative estimate of drug-likeness (QED) is 0.275. The minimum absolute atomic E-state index is 0.272. The van der Waals surface area contributed by atoms with E-state index in [0.29, 0.717) is 27.3 Å². The van der Waals surface area contributed by atoms with Crippen LogP contribution in [0.2, 0.25) is 0 Å². The van der Waals surface area contributed by atoms with E-state index in [1.54, 1.807) is 24.6 Å². The van der Waals surface area contributed by atoms with Gasteiger partial charge in [-0.05, 0) is 49.7 Å². The summed E-state index contributed by atoms with van der Waals surface area (Å²) in [5, 5.41) is 15.5. The lowest BCUT2D eigenvalue weighted by atomic mass is 9.73. The van der Waals surface area contributed by atoms with Gasteiger partial charge in [0.1, 0.15) is 28.7 Å². The van der Waals surface area contributed by atoms with Crippen molar-refractivity contribution in [1.82, 2.24) is 19.6 Å². The zero-order chi connectivity index (χ0) is 27.6. The molecule has 9 nitrogen and oxygen atoms in total. The van der Waals surface area contributed by atoms with Crippen molar-refractivity contribution < 1.29 is 8.81 Å². The summed E-state index contributed by atoms with van der Waals surface area (Å²) in [6.45, 7) is 8.05. The number of anilines is 4. The number of rotatable bonds is 6. The highest BCUT2D eigenvalue weighted by Crippen LogP contribution is 2.45. The van der Waals surface area contributed by atoms with Crippen molar-refractivity contribution in [3.63, 3.8) is 0 Å². The van der Waals surface area contributed by atoms with E-state index in [9.17, 15) is 9.65 Å². The fourth-order valence-corrected chi connectivity index (χ4v) is 6.81. The highest BCUT2D eigenvalue weighted by molar-refractivity contribution is 7.16. The Balaban J connectivity index is 1.20. The molecule has 0 atom stereocenters. The van der Waals surface area contributed by atoms with E-state index in [1.165, 1.54) is 29.2 Å². The van der Waals surface area contributed by atoms with Crippen molar-refractivity contribution in [2.24, 2.45) is 5.41 Å². The lowest BCUT2D eigenvalue weighted by Crippen LogP contribution is -2.72. The molecule has 2 saturated heterocycles. The van der Waals surface area contributed by atoms with Crippen molar-refractivity contribution in [1.29, 1.82) is 5.26 Å². The molecular formula is C29H27FN8OS. The summed E-state index contributed by atoms with van der Waals surface area (Å²) >= 11 is 1.33. The first-order valence-corrected chi connectivity index (χ1v) is 14.0. The fraction of sp³-hybridized carbons (Fsp3) is 0.310. The van der Waals surface area contributed by atoms with E-state index >= 15 is 0 Å². The number of hydrogen-bond acceptors (Lipinski definition) is 9. The van der Waals surface area contributed by atoms with Gasteiger partial charge >= 0.3 is 0 Å². The molecule has 0 N–H and O–H groups in total. The Morgan fingerprint density at radius 2 is 1.90 bits per heavy atom. The molecule has 1 spiro atoms. The molecule has 0 saturated carbocycles. The number of benzene rings is 1. The number of thiazole rings is 1. The molecule has 0 radical (unpaired) electrons. The third kappa shape index (κ3) is 3.82. The zero-order valence-electron chi connectivity index (χ0n) is 22.4. The molecule has 1 aromatic carbocycles. The smallest absolute Gasteiger partial charge is 0.297 e. The third-order valence-corrected chi connectivity index (χ3v) is 8.93. The summed E-state index contributed by atoms with van der Waals surface area (Å²) in [7, 11) is 1.97. The van der Waals surface area contributed by atoms with Gasteiger partial charge in [-0.25, -0.2) is 18.9 Å². The Labute approximate surface area is 234 Å². The van der Waals surface area contributed by atoms with Crippen molar-refractivity contribution in [2.45, 2.75) is 20.3 Å². The second kappa shape index (κ2) is 9.06. The highest BCUT2D eigenvalue weighted by atomic mass is 32.1. The maximum atomic E-state index is 13.5. The predicted octanol–water partition coefficient (Wildman–Crippen LogP) is 5.42. The number of fused-ring (bicyclic) bond motifs is 1. The molecule has 6 heterocycles. The van der Waals surface area contributed by atoms with E-state index in [-0.39, 0.29) is 11.2 Å². The van der Waals surface area contributed by atoms with E-state index in [4.69, 9.17) is 14.5 Å². The second-order valence-corrected chi connectivity index (χ2v) is 11.7. The summed E-state index contributed by atoms with van der Waals surface area (Å²) in [6.07, 6.45) is 4.06. The largest absolute Gasteiger partial charge is 0.432 e. The minimum Gasteiger partial charge on any atom is -0.432 e. The van der Waals surface area contributed by atoms with Crippen LogP contribution in [0.1, 0.15) is 23.2 Å². The summed E-state index contributed by atoms with van der Waals surface area (Å²) in [5.74, 6) is -0.322. The summed E-state index contributed by atoms with van der Waals surface area (Å²) in [6, 6.07) is 13.5. The Morgan fingerprint density at radius 3 is 2.58 bits per heavy atom. The van der Waals surface area contributed by atoms with Crippen LogP contribution < -0.4 is 14.7 Å². The molecule has 0 aliphatic carbocycles. The summed E-state index contributed by atoms with van der Waals surface area (Å²) < 4.78 is 21.0. The van der Waals surface area contributed by atoms with Gasteiger partial charge in [0, 0.05) is 55.6 Å². The molecule has 0 unspecified atom stereocenters. The normalized spacial score (nSPS) is 15.8. The maximum Gasteiger partial charge on any atom is 0.297 e. The summed E-state index contributed by atoms with van der Waals surface area (Å²) in [4.78, 5) is 16.2. The van der Waals surface area contributed by atoms with Gasteiger partial charge in [0.05, 0.1) is 23.1 Å². The van der Waals surface area contributed by atoms with Gasteiger partial charge in [-0.1, -0.05) is 18.3 Å². The maximum absolute atomic E-state index is 13.5. The standard InChI is InChI=1S/C29H27FN8OS/c1-4-22-26(35(3)28-33-25(24(13-31)40-28)19-5-7-20(30)8-6-19)23-12-21(11-18(2)38(23)34-22)36-14-29(15-36)16-37(17-29)27-32-9-10-39-27/h5-12H,4,14-17H2,1-3H3. The minimum atomic E-state index is -0.322. The van der Waals surface area contributed by atoms with Crippen molar-refractivity contribution >= 4 is 39.4 Å². The number of nitrogens with zero attached hydrogens (tertiary/aromatic N) is 8. The Hall–Kier alpha value is -4.43. The summed E-state index contributed by atoms with van der Waals surface area (Å²) in [5.41, 5.74) is 6.72. The first kappa shape index (κ1) is 24.6. The van der Waals surface area contributed by atoms with Gasteiger partial charge in [0.25, 0.3) is 6.01 Å². The lowest BCUT2D eigenvalue weighted by molar-refractivity contribution is 0.149. The van der Waals surface area contributed by atoms with Gasteiger partial charge in [0.2, 0.25) is 0 Å². The van der Waals surface area contributed by atoms with Crippen LogP contribution in [0.15, 0.2) is 53.3 Å². The third-order valence-electron chi connectivity index (χ3n) is 7.89. The van der Waals surface area contributed by atoms with Crippen molar-refractivity contribution in [2.75, 3.05) is 47.9 Å². The molecule has 2 aliphatic rings. The molecule has 2 fully saturated rings. The number of nitriles is 1.